The Morgan fingerprint density at radius 2 is 2.06 bits per heavy atom. The smallest absolute Gasteiger partial charge is 0.244 e. The van der Waals surface area contributed by atoms with Crippen LogP contribution in [0, 0.1) is 0 Å². The summed E-state index contributed by atoms with van der Waals surface area (Å²) >= 11 is 6.00. The van der Waals surface area contributed by atoms with Crippen LogP contribution in [0.25, 0.3) is 10.8 Å². The Labute approximate surface area is 189 Å². The molecule has 0 saturated heterocycles. The van der Waals surface area contributed by atoms with Crippen LogP contribution in [0.4, 0.5) is 11.5 Å². The minimum atomic E-state index is -4.19. The number of halogens is 1. The number of sulfonamides is 2. The summed E-state index contributed by atoms with van der Waals surface area (Å²) in [5, 5.41) is 21.9. The number of aromatic nitrogens is 2. The number of nitrogens with zero attached hydrogens (tertiary/aromatic N) is 3. The molecule has 1 unspecified atom stereocenters. The summed E-state index contributed by atoms with van der Waals surface area (Å²) < 4.78 is 51.1. The third-order valence-corrected chi connectivity index (χ3v) is 7.57. The van der Waals surface area contributed by atoms with Gasteiger partial charge < -0.3 is 5.32 Å². The van der Waals surface area contributed by atoms with E-state index >= 15 is 0 Å². The molecule has 32 heavy (non-hydrogen) atoms. The molecule has 0 saturated carbocycles. The molecule has 1 atom stereocenters. The molecule has 0 radical (unpaired) electrons. The summed E-state index contributed by atoms with van der Waals surface area (Å²) in [5.74, 6) is 0.465. The number of hydrogen-bond donors (Lipinski definition) is 4. The highest BCUT2D eigenvalue weighted by atomic mass is 35.5. The van der Waals surface area contributed by atoms with Gasteiger partial charge in [-0.1, -0.05) is 35.9 Å². The molecule has 0 amide bonds. The summed E-state index contributed by atoms with van der Waals surface area (Å²) in [6.45, 7) is 1.72. The fourth-order valence-electron chi connectivity index (χ4n) is 3.25. The Morgan fingerprint density at radius 1 is 1.31 bits per heavy atom. The lowest BCUT2D eigenvalue weighted by Gasteiger charge is -2.28. The van der Waals surface area contributed by atoms with Crippen LogP contribution in [-0.4, -0.2) is 38.9 Å². The fraction of sp³-hybridized carbons (Fsp3) is 0.167. The molecule has 0 fully saturated rings. The SMILES string of the molecule is C/C(CC1Nc2cc(Cl)c(S(N)(=O)=O)cc2S(=O)(=O)N1)=N\Nc1nncc2ccccc12. The zero-order valence-corrected chi connectivity index (χ0v) is 19.0. The quantitative estimate of drug-likeness (QED) is 0.307. The third kappa shape index (κ3) is 4.52. The van der Waals surface area contributed by atoms with Crippen molar-refractivity contribution in [1.82, 2.24) is 14.9 Å². The third-order valence-electron chi connectivity index (χ3n) is 4.68. The van der Waals surface area contributed by atoms with Crippen LogP contribution in [-0.2, 0) is 20.0 Å². The van der Waals surface area contributed by atoms with Crippen molar-refractivity contribution in [1.29, 1.82) is 0 Å². The zero-order valence-electron chi connectivity index (χ0n) is 16.6. The molecular weight excluding hydrogens is 478 g/mol. The Morgan fingerprint density at radius 3 is 2.81 bits per heavy atom. The number of benzene rings is 2. The average molecular weight is 496 g/mol. The number of primary sulfonamides is 1. The molecule has 0 aliphatic carbocycles. The summed E-state index contributed by atoms with van der Waals surface area (Å²) in [6.07, 6.45) is 1.09. The van der Waals surface area contributed by atoms with Crippen LogP contribution in [0.15, 0.2) is 57.5 Å². The van der Waals surface area contributed by atoms with Gasteiger partial charge in [0.05, 0.1) is 23.1 Å². The molecule has 4 rings (SSSR count). The van der Waals surface area contributed by atoms with E-state index < -0.39 is 31.1 Å². The van der Waals surface area contributed by atoms with E-state index in [9.17, 15) is 16.8 Å². The van der Waals surface area contributed by atoms with Crippen LogP contribution in [0.2, 0.25) is 5.02 Å². The highest BCUT2D eigenvalue weighted by Gasteiger charge is 2.32. The number of rotatable bonds is 5. The predicted octanol–water partition coefficient (Wildman–Crippen LogP) is 1.84. The lowest BCUT2D eigenvalue weighted by Crippen LogP contribution is -2.45. The number of fused-ring (bicyclic) bond motifs is 2. The summed E-state index contributed by atoms with van der Waals surface area (Å²) in [7, 11) is -8.21. The van der Waals surface area contributed by atoms with Gasteiger partial charge >= 0.3 is 0 Å². The van der Waals surface area contributed by atoms with Gasteiger partial charge in [0.25, 0.3) is 0 Å². The first-order valence-corrected chi connectivity index (χ1v) is 12.6. The molecular formula is C18H18ClN7O4S2. The zero-order chi connectivity index (χ0) is 23.1. The van der Waals surface area contributed by atoms with Gasteiger partial charge in [-0.2, -0.15) is 14.9 Å². The molecule has 1 aliphatic rings. The highest BCUT2D eigenvalue weighted by molar-refractivity contribution is 7.90. The minimum absolute atomic E-state index is 0.159. The minimum Gasteiger partial charge on any atom is -0.367 e. The van der Waals surface area contributed by atoms with E-state index in [1.807, 2.05) is 24.3 Å². The standard InChI is InChI=1S/C18H18ClN7O4S2/c1-10(23-25-18-12-5-3-2-4-11(12)9-21-24-18)6-17-22-14-7-13(19)15(31(20,27)28)8-16(14)32(29,30)26-17/h2-5,7-9,17,22,26H,6H2,1H3,(H,24,25)(H2,20,27,28)/b23-10+. The number of hydrogen-bond acceptors (Lipinski definition) is 9. The maximum atomic E-state index is 12.7. The molecule has 0 spiro atoms. The van der Waals surface area contributed by atoms with E-state index in [-0.39, 0.29) is 22.0 Å². The van der Waals surface area contributed by atoms with Crippen LogP contribution < -0.4 is 20.6 Å². The molecule has 1 aromatic heterocycles. The van der Waals surface area contributed by atoms with Gasteiger partial charge in [0, 0.05) is 22.9 Å². The first kappa shape index (κ1) is 22.4. The van der Waals surface area contributed by atoms with E-state index in [2.05, 4.69) is 30.8 Å². The fourth-order valence-corrected chi connectivity index (χ4v) is 5.75. The summed E-state index contributed by atoms with van der Waals surface area (Å²) in [4.78, 5) is -0.734. The first-order valence-electron chi connectivity index (χ1n) is 9.19. The van der Waals surface area contributed by atoms with Crippen molar-refractivity contribution in [2.24, 2.45) is 10.2 Å². The van der Waals surface area contributed by atoms with Crippen LogP contribution in [0.3, 0.4) is 0 Å². The van der Waals surface area contributed by atoms with E-state index in [1.54, 1.807) is 13.1 Å². The molecule has 5 N–H and O–H groups in total. The monoisotopic (exact) mass is 495 g/mol. The Balaban J connectivity index is 1.55. The highest BCUT2D eigenvalue weighted by Crippen LogP contribution is 2.34. The molecule has 1 aliphatic heterocycles. The molecule has 168 valence electrons. The molecule has 11 nitrogen and oxygen atoms in total. The van der Waals surface area contributed by atoms with E-state index in [0.717, 1.165) is 16.8 Å². The molecule has 3 aromatic rings. The van der Waals surface area contributed by atoms with Crippen molar-refractivity contribution in [3.05, 3.63) is 47.6 Å². The van der Waals surface area contributed by atoms with Crippen molar-refractivity contribution in [2.45, 2.75) is 29.3 Å². The van der Waals surface area contributed by atoms with E-state index in [0.29, 0.717) is 11.5 Å². The van der Waals surface area contributed by atoms with Crippen LogP contribution in [0.5, 0.6) is 0 Å². The largest absolute Gasteiger partial charge is 0.367 e. The van der Waals surface area contributed by atoms with Crippen molar-refractivity contribution in [3.8, 4) is 0 Å². The van der Waals surface area contributed by atoms with Gasteiger partial charge in [-0.3, -0.25) is 5.43 Å². The normalized spacial score (nSPS) is 18.1. The summed E-state index contributed by atoms with van der Waals surface area (Å²) in [6, 6.07) is 9.69. The number of anilines is 2. The summed E-state index contributed by atoms with van der Waals surface area (Å²) in [5.41, 5.74) is 3.58. The number of nitrogens with one attached hydrogen (secondary N) is 3. The molecule has 2 aromatic carbocycles. The number of hydrazone groups is 1. The van der Waals surface area contributed by atoms with Gasteiger partial charge in [-0.25, -0.2) is 22.0 Å². The number of nitrogens with two attached hydrogens (primary N) is 1. The second-order valence-electron chi connectivity index (χ2n) is 7.09. The Hall–Kier alpha value is -2.84. The van der Waals surface area contributed by atoms with E-state index in [4.69, 9.17) is 16.7 Å². The Bertz CT molecular complexity index is 1450. The lowest BCUT2D eigenvalue weighted by atomic mass is 10.2. The van der Waals surface area contributed by atoms with Crippen LogP contribution >= 0.6 is 11.6 Å². The molecule has 0 bridgehead atoms. The van der Waals surface area contributed by atoms with E-state index in [1.165, 1.54) is 6.07 Å². The second-order valence-corrected chi connectivity index (χ2v) is 10.7. The van der Waals surface area contributed by atoms with Crippen molar-refractivity contribution >= 4 is 59.6 Å². The molecule has 14 heteroatoms. The molecule has 2 heterocycles. The first-order chi connectivity index (χ1) is 15.0. The topological polar surface area (TPSA) is 169 Å². The van der Waals surface area contributed by atoms with Crippen molar-refractivity contribution < 1.29 is 16.8 Å². The van der Waals surface area contributed by atoms with Gasteiger partial charge in [-0.15, -0.1) is 5.10 Å². The second kappa shape index (κ2) is 8.26. The maximum Gasteiger partial charge on any atom is 0.244 e. The van der Waals surface area contributed by atoms with Crippen molar-refractivity contribution in [2.75, 3.05) is 10.7 Å². The van der Waals surface area contributed by atoms with Crippen LogP contribution in [0.1, 0.15) is 13.3 Å². The van der Waals surface area contributed by atoms with Gasteiger partial charge in [0.2, 0.25) is 20.0 Å². The Kier molecular flexibility index (Phi) is 5.77. The predicted molar refractivity (Wildman–Crippen MR) is 121 cm³/mol. The lowest BCUT2D eigenvalue weighted by molar-refractivity contribution is 0.559. The maximum absolute atomic E-state index is 12.7. The van der Waals surface area contributed by atoms with Gasteiger partial charge in [0.1, 0.15) is 9.79 Å². The van der Waals surface area contributed by atoms with Gasteiger partial charge in [0.15, 0.2) is 5.82 Å². The average Bonchev–Trinajstić information content (AvgIpc) is 2.70. The van der Waals surface area contributed by atoms with Gasteiger partial charge in [-0.05, 0) is 19.1 Å². The van der Waals surface area contributed by atoms with Crippen molar-refractivity contribution in [3.63, 3.8) is 0 Å².